The second kappa shape index (κ2) is 12.3. The van der Waals surface area contributed by atoms with E-state index in [1.165, 1.54) is 0 Å². The summed E-state index contributed by atoms with van der Waals surface area (Å²) in [5.41, 5.74) is 1.02. The number of hydrogen-bond donors (Lipinski definition) is 3. The second-order valence-corrected chi connectivity index (χ2v) is 10.9. The van der Waals surface area contributed by atoms with E-state index in [-0.39, 0.29) is 17.7 Å². The molecule has 35 heavy (non-hydrogen) atoms. The molecule has 1 aromatic carbocycles. The van der Waals surface area contributed by atoms with Crippen molar-refractivity contribution in [1.29, 1.82) is 0 Å². The highest BCUT2D eigenvalue weighted by Crippen LogP contribution is 2.17. The predicted octanol–water partition coefficient (Wildman–Crippen LogP) is 2.01. The van der Waals surface area contributed by atoms with E-state index in [1.54, 1.807) is 22.8 Å². The van der Waals surface area contributed by atoms with Crippen molar-refractivity contribution in [1.82, 2.24) is 19.6 Å². The first-order chi connectivity index (χ1) is 16.7. The first kappa shape index (κ1) is 26.9. The lowest BCUT2D eigenvalue weighted by atomic mass is 9.95. The molecule has 3 N–H and O–H groups in total. The van der Waals surface area contributed by atoms with E-state index in [0.717, 1.165) is 32.4 Å². The van der Waals surface area contributed by atoms with Crippen LogP contribution in [0.3, 0.4) is 0 Å². The van der Waals surface area contributed by atoms with Gasteiger partial charge in [-0.05, 0) is 69.8 Å². The number of sulfonamides is 1. The number of fused-ring (bicyclic) bond motifs is 1. The first-order valence-electron chi connectivity index (χ1n) is 12.1. The molecule has 1 atom stereocenters. The van der Waals surface area contributed by atoms with Gasteiger partial charge >= 0.3 is 5.97 Å². The smallest absolute Gasteiger partial charge is 0.322 e. The molecule has 1 fully saturated rings. The summed E-state index contributed by atoms with van der Waals surface area (Å²) in [6.45, 7) is 6.34. The van der Waals surface area contributed by atoms with Gasteiger partial charge in [0, 0.05) is 18.5 Å². The summed E-state index contributed by atoms with van der Waals surface area (Å²) in [4.78, 5) is 29.3. The number of carboxylic acid groups (broad SMARTS) is 1. The summed E-state index contributed by atoms with van der Waals surface area (Å²) < 4.78 is 28.1. The summed E-state index contributed by atoms with van der Waals surface area (Å²) >= 11 is 0. The average molecular weight is 503 g/mol. The van der Waals surface area contributed by atoms with E-state index in [4.69, 9.17) is 0 Å². The Bertz CT molecular complexity index is 1270. The molecule has 1 aliphatic heterocycles. The van der Waals surface area contributed by atoms with Crippen LogP contribution in [0.1, 0.15) is 56.8 Å². The molecule has 1 aliphatic rings. The van der Waals surface area contributed by atoms with Crippen LogP contribution in [0.4, 0.5) is 0 Å². The number of carbonyl (C=O) groups is 1. The summed E-state index contributed by atoms with van der Waals surface area (Å²) in [5, 5.41) is 13.2. The van der Waals surface area contributed by atoms with Gasteiger partial charge in [-0.1, -0.05) is 25.2 Å². The molecule has 0 amide bonds. The molecule has 0 radical (unpaired) electrons. The van der Waals surface area contributed by atoms with Gasteiger partial charge in [-0.15, -0.1) is 0 Å². The molecule has 190 valence electrons. The van der Waals surface area contributed by atoms with Crippen molar-refractivity contribution in [3.63, 3.8) is 0 Å². The SMILES string of the molecule is CCCCS(=O)(=O)NC(CC#Cc1ccc2nc(C)n(CCC3CCNCC3)c(=O)c2c1)C(=O)O. The number of aliphatic carboxylic acids is 1. The summed E-state index contributed by atoms with van der Waals surface area (Å²) in [6.07, 6.45) is 4.11. The van der Waals surface area contributed by atoms with Gasteiger partial charge in [0.1, 0.15) is 11.9 Å². The molecule has 0 saturated carbocycles. The minimum absolute atomic E-state index is 0.114. The number of nitrogens with zero attached hydrogens (tertiary/aromatic N) is 2. The van der Waals surface area contributed by atoms with E-state index >= 15 is 0 Å². The van der Waals surface area contributed by atoms with Gasteiger partial charge in [0.25, 0.3) is 5.56 Å². The van der Waals surface area contributed by atoms with Crippen molar-refractivity contribution in [2.75, 3.05) is 18.8 Å². The van der Waals surface area contributed by atoms with Crippen LogP contribution in [0.15, 0.2) is 23.0 Å². The van der Waals surface area contributed by atoms with Crippen LogP contribution in [0.25, 0.3) is 10.9 Å². The molecule has 0 spiro atoms. The van der Waals surface area contributed by atoms with Crippen LogP contribution < -0.4 is 15.6 Å². The molecule has 1 saturated heterocycles. The largest absolute Gasteiger partial charge is 0.480 e. The number of nitrogens with one attached hydrogen (secondary N) is 2. The van der Waals surface area contributed by atoms with Crippen LogP contribution in [-0.4, -0.2) is 53.9 Å². The van der Waals surface area contributed by atoms with Crippen LogP contribution in [-0.2, 0) is 21.4 Å². The molecule has 1 aromatic heterocycles. The molecule has 0 aliphatic carbocycles. The number of hydrogen-bond acceptors (Lipinski definition) is 6. The van der Waals surface area contributed by atoms with E-state index in [2.05, 4.69) is 26.9 Å². The standard InChI is InChI=1S/C25H34N4O5S/c1-3-4-16-35(33,34)28-23(25(31)32)7-5-6-20-8-9-22-21(17-20)24(30)29(18(2)27-22)15-12-19-10-13-26-14-11-19/h8-9,17,19,23,26,28H,3-4,7,10-16H2,1-2H3,(H,31,32). The Morgan fingerprint density at radius 2 is 2.09 bits per heavy atom. The summed E-state index contributed by atoms with van der Waals surface area (Å²) in [6, 6.07) is 3.79. The maximum Gasteiger partial charge on any atom is 0.322 e. The van der Waals surface area contributed by atoms with E-state index in [1.807, 2.05) is 13.8 Å². The van der Waals surface area contributed by atoms with E-state index in [0.29, 0.717) is 47.6 Å². The zero-order valence-corrected chi connectivity index (χ0v) is 21.2. The Morgan fingerprint density at radius 1 is 1.34 bits per heavy atom. The molecule has 2 heterocycles. The Morgan fingerprint density at radius 3 is 2.77 bits per heavy atom. The van der Waals surface area contributed by atoms with Crippen molar-refractivity contribution in [2.45, 2.75) is 65.0 Å². The quantitative estimate of drug-likeness (QED) is 0.424. The van der Waals surface area contributed by atoms with Crippen molar-refractivity contribution >= 4 is 26.9 Å². The van der Waals surface area contributed by atoms with Gasteiger partial charge in [0.15, 0.2) is 0 Å². The molecule has 10 heteroatoms. The highest BCUT2D eigenvalue weighted by Gasteiger charge is 2.22. The number of unbranched alkanes of at least 4 members (excludes halogenated alkanes) is 1. The number of carboxylic acids is 1. The van der Waals surface area contributed by atoms with E-state index < -0.39 is 22.0 Å². The molecule has 9 nitrogen and oxygen atoms in total. The minimum Gasteiger partial charge on any atom is -0.480 e. The predicted molar refractivity (Wildman–Crippen MR) is 136 cm³/mol. The van der Waals surface area contributed by atoms with Gasteiger partial charge in [0.05, 0.1) is 16.7 Å². The fraction of sp³-hybridized carbons (Fsp3) is 0.560. The van der Waals surface area contributed by atoms with Crippen molar-refractivity contribution in [3.05, 3.63) is 39.9 Å². The fourth-order valence-electron chi connectivity index (χ4n) is 4.20. The molecule has 1 unspecified atom stereocenters. The Kier molecular flexibility index (Phi) is 9.43. The number of aromatic nitrogens is 2. The Balaban J connectivity index is 1.76. The first-order valence-corrected chi connectivity index (χ1v) is 13.8. The normalized spacial score (nSPS) is 15.5. The number of rotatable bonds is 10. The number of aryl methyl sites for hydroxylation is 1. The van der Waals surface area contributed by atoms with E-state index in [9.17, 15) is 23.1 Å². The number of piperidine rings is 1. The Hall–Kier alpha value is -2.74. The van der Waals surface area contributed by atoms with Crippen molar-refractivity contribution in [3.8, 4) is 11.8 Å². The molecule has 3 rings (SSSR count). The molecule has 2 aromatic rings. The van der Waals surface area contributed by atoms with Gasteiger partial charge in [-0.2, -0.15) is 4.72 Å². The average Bonchev–Trinajstić information content (AvgIpc) is 2.83. The van der Waals surface area contributed by atoms with Crippen LogP contribution in [0, 0.1) is 24.7 Å². The maximum atomic E-state index is 13.2. The number of benzene rings is 1. The summed E-state index contributed by atoms with van der Waals surface area (Å²) in [5.74, 6) is 5.48. The topological polar surface area (TPSA) is 130 Å². The molecular weight excluding hydrogens is 468 g/mol. The zero-order valence-electron chi connectivity index (χ0n) is 20.3. The second-order valence-electron chi connectivity index (χ2n) is 9.02. The van der Waals surface area contributed by atoms with Crippen molar-refractivity contribution in [2.24, 2.45) is 5.92 Å². The third-order valence-electron chi connectivity index (χ3n) is 6.29. The highest BCUT2D eigenvalue weighted by molar-refractivity contribution is 7.89. The lowest BCUT2D eigenvalue weighted by Gasteiger charge is -2.23. The fourth-order valence-corrected chi connectivity index (χ4v) is 5.60. The lowest BCUT2D eigenvalue weighted by molar-refractivity contribution is -0.138. The zero-order chi connectivity index (χ0) is 25.4. The van der Waals surface area contributed by atoms with Gasteiger partial charge in [0.2, 0.25) is 10.0 Å². The highest BCUT2D eigenvalue weighted by atomic mass is 32.2. The van der Waals surface area contributed by atoms with Gasteiger partial charge < -0.3 is 10.4 Å². The van der Waals surface area contributed by atoms with Gasteiger partial charge in [-0.25, -0.2) is 13.4 Å². The minimum atomic E-state index is -3.69. The lowest BCUT2D eigenvalue weighted by Crippen LogP contribution is -2.41. The van der Waals surface area contributed by atoms with Gasteiger partial charge in [-0.3, -0.25) is 14.2 Å². The molecule has 0 bridgehead atoms. The monoisotopic (exact) mass is 502 g/mol. The van der Waals surface area contributed by atoms with Crippen molar-refractivity contribution < 1.29 is 18.3 Å². The third kappa shape index (κ3) is 7.62. The Labute approximate surface area is 206 Å². The van der Waals surface area contributed by atoms with Crippen LogP contribution >= 0.6 is 0 Å². The maximum absolute atomic E-state index is 13.2. The third-order valence-corrected chi connectivity index (χ3v) is 7.76. The summed E-state index contributed by atoms with van der Waals surface area (Å²) in [7, 11) is -3.69. The molecular formula is C25H34N4O5S. The van der Waals surface area contributed by atoms with Crippen LogP contribution in [0.5, 0.6) is 0 Å². The van der Waals surface area contributed by atoms with Crippen LogP contribution in [0.2, 0.25) is 0 Å².